The summed E-state index contributed by atoms with van der Waals surface area (Å²) in [6.45, 7) is 14.4. The number of hydrogen-bond donors (Lipinski definition) is 2. The molecule has 0 saturated heterocycles. The van der Waals surface area contributed by atoms with Gasteiger partial charge in [-0.15, -0.1) is 0 Å². The number of benzene rings is 3. The van der Waals surface area contributed by atoms with Crippen molar-refractivity contribution in [3.05, 3.63) is 91.5 Å². The molecule has 4 aromatic rings. The molecule has 0 amide bonds. The highest BCUT2D eigenvalue weighted by Gasteiger charge is 2.19. The van der Waals surface area contributed by atoms with Gasteiger partial charge in [-0.1, -0.05) is 70.3 Å². The number of hydrogen-bond acceptors (Lipinski definition) is 7. The van der Waals surface area contributed by atoms with E-state index in [1.165, 1.54) is 17.7 Å². The van der Waals surface area contributed by atoms with Gasteiger partial charge in [0.25, 0.3) is 0 Å². The maximum atomic E-state index is 10.8. The highest BCUT2D eigenvalue weighted by Crippen LogP contribution is 2.36. The van der Waals surface area contributed by atoms with Crippen LogP contribution in [0.25, 0.3) is 34.2 Å². The summed E-state index contributed by atoms with van der Waals surface area (Å²) in [6.07, 6.45) is 3.25. The normalized spacial score (nSPS) is 11.1. The van der Waals surface area contributed by atoms with Crippen molar-refractivity contribution in [1.82, 2.24) is 15.0 Å². The minimum absolute atomic E-state index is 0.00361. The number of aromatic nitrogens is 3. The molecule has 0 aliphatic heterocycles. The van der Waals surface area contributed by atoms with Gasteiger partial charge in [0.1, 0.15) is 36.2 Å². The van der Waals surface area contributed by atoms with E-state index in [0.717, 1.165) is 5.56 Å². The molecule has 3 aromatic carbocycles. The van der Waals surface area contributed by atoms with Crippen LogP contribution in [0.4, 0.5) is 0 Å². The van der Waals surface area contributed by atoms with E-state index in [-0.39, 0.29) is 28.6 Å². The van der Waals surface area contributed by atoms with Crippen LogP contribution in [0, 0.1) is 0 Å². The number of ether oxygens (including phenoxy) is 2. The Morgan fingerprint density at radius 1 is 0.684 bits per heavy atom. The molecule has 0 aliphatic carbocycles. The highest BCUT2D eigenvalue weighted by molar-refractivity contribution is 5.72. The Hall–Kier alpha value is -4.65. The zero-order chi connectivity index (χ0) is 27.3. The Kier molecular flexibility index (Phi) is 7.76. The van der Waals surface area contributed by atoms with Gasteiger partial charge in [0.2, 0.25) is 0 Å². The molecule has 38 heavy (non-hydrogen) atoms. The van der Waals surface area contributed by atoms with E-state index >= 15 is 0 Å². The molecule has 1 aromatic heterocycles. The highest BCUT2D eigenvalue weighted by atomic mass is 16.5. The van der Waals surface area contributed by atoms with E-state index in [4.69, 9.17) is 9.47 Å². The first-order valence-corrected chi connectivity index (χ1v) is 12.2. The van der Waals surface area contributed by atoms with E-state index in [1.807, 2.05) is 24.3 Å². The number of rotatable bonds is 9. The topological polar surface area (TPSA) is 97.6 Å². The van der Waals surface area contributed by atoms with Crippen molar-refractivity contribution in [3.8, 4) is 57.2 Å². The fourth-order valence-corrected chi connectivity index (χ4v) is 3.76. The van der Waals surface area contributed by atoms with Gasteiger partial charge in [0.15, 0.2) is 17.5 Å². The largest absolute Gasteiger partial charge is 0.507 e. The van der Waals surface area contributed by atoms with E-state index in [0.29, 0.717) is 41.7 Å². The van der Waals surface area contributed by atoms with E-state index in [9.17, 15) is 10.2 Å². The molecule has 0 fully saturated rings. The van der Waals surface area contributed by atoms with Gasteiger partial charge in [-0.25, -0.2) is 15.0 Å². The van der Waals surface area contributed by atoms with E-state index < -0.39 is 0 Å². The monoisotopic (exact) mass is 509 g/mol. The number of nitrogens with zero attached hydrogens (tertiary/aromatic N) is 3. The lowest BCUT2D eigenvalue weighted by Crippen LogP contribution is -2.10. The van der Waals surface area contributed by atoms with Crippen molar-refractivity contribution in [3.63, 3.8) is 0 Å². The van der Waals surface area contributed by atoms with Crippen LogP contribution in [0.1, 0.15) is 26.3 Å². The molecular formula is C31H31N3O4. The fraction of sp³-hybridized carbons (Fsp3) is 0.194. The van der Waals surface area contributed by atoms with E-state index in [2.05, 4.69) is 48.9 Å². The Labute approximate surface area is 222 Å². The standard InChI is InChI=1S/C31H31N3O4/c1-6-16-37-22-12-14-24(26(35)18-22)29-32-28(20-8-10-21(11-9-20)31(3,4)5)33-30(34-29)25-15-13-23(19-27(25)36)38-17-7-2/h6-15,18-19,35-36H,1-2,16-17H2,3-5H3. The molecule has 0 bridgehead atoms. The molecule has 1 heterocycles. The molecule has 2 N–H and O–H groups in total. The zero-order valence-corrected chi connectivity index (χ0v) is 21.8. The summed E-state index contributed by atoms with van der Waals surface area (Å²) in [5.41, 5.74) is 2.75. The molecule has 0 saturated carbocycles. The SMILES string of the molecule is C=CCOc1ccc(-c2nc(-c3ccc(C(C)(C)C)cc3)nc(-c3ccc(OCC=C)cc3O)n2)c(O)c1. The first kappa shape index (κ1) is 26.4. The predicted octanol–water partition coefficient (Wildman–Crippen LogP) is 6.71. The summed E-state index contributed by atoms with van der Waals surface area (Å²) >= 11 is 0. The van der Waals surface area contributed by atoms with Crippen LogP contribution in [0.2, 0.25) is 0 Å². The minimum atomic E-state index is -0.0462. The molecule has 0 spiro atoms. The van der Waals surface area contributed by atoms with Gasteiger partial charge >= 0.3 is 0 Å². The average molecular weight is 510 g/mol. The summed E-state index contributed by atoms with van der Waals surface area (Å²) in [7, 11) is 0. The third kappa shape index (κ3) is 6.00. The number of phenols is 2. The summed E-state index contributed by atoms with van der Waals surface area (Å²) < 4.78 is 11.0. The molecule has 7 heteroatoms. The second-order valence-electron chi connectivity index (χ2n) is 9.69. The van der Waals surface area contributed by atoms with Crippen molar-refractivity contribution in [2.24, 2.45) is 0 Å². The van der Waals surface area contributed by atoms with E-state index in [1.54, 1.807) is 36.4 Å². The lowest BCUT2D eigenvalue weighted by atomic mass is 9.87. The van der Waals surface area contributed by atoms with Crippen LogP contribution >= 0.6 is 0 Å². The number of phenolic OH excluding ortho intramolecular Hbond substituents is 2. The number of aromatic hydroxyl groups is 2. The molecular weight excluding hydrogens is 478 g/mol. The fourth-order valence-electron chi connectivity index (χ4n) is 3.76. The van der Waals surface area contributed by atoms with Gasteiger partial charge in [0.05, 0.1) is 11.1 Å². The summed E-state index contributed by atoms with van der Waals surface area (Å²) in [5.74, 6) is 1.80. The van der Waals surface area contributed by atoms with Crippen LogP contribution in [0.15, 0.2) is 86.0 Å². The zero-order valence-electron chi connectivity index (χ0n) is 21.8. The molecule has 4 rings (SSSR count). The summed E-state index contributed by atoms with van der Waals surface area (Å²) in [5, 5.41) is 21.6. The molecule has 194 valence electrons. The molecule has 0 unspecified atom stereocenters. The molecule has 7 nitrogen and oxygen atoms in total. The predicted molar refractivity (Wildman–Crippen MR) is 150 cm³/mol. The third-order valence-electron chi connectivity index (χ3n) is 5.80. The van der Waals surface area contributed by atoms with Gasteiger partial charge in [-0.05, 0) is 35.2 Å². The van der Waals surface area contributed by atoms with Crippen molar-refractivity contribution >= 4 is 0 Å². The van der Waals surface area contributed by atoms with Crippen LogP contribution < -0.4 is 9.47 Å². The first-order chi connectivity index (χ1) is 18.2. The molecule has 0 atom stereocenters. The minimum Gasteiger partial charge on any atom is -0.507 e. The average Bonchev–Trinajstić information content (AvgIpc) is 2.90. The van der Waals surface area contributed by atoms with Crippen molar-refractivity contribution in [1.29, 1.82) is 0 Å². The van der Waals surface area contributed by atoms with Crippen LogP contribution in [0.5, 0.6) is 23.0 Å². The lowest BCUT2D eigenvalue weighted by Gasteiger charge is -2.19. The van der Waals surface area contributed by atoms with Gasteiger partial charge < -0.3 is 19.7 Å². The third-order valence-corrected chi connectivity index (χ3v) is 5.80. The quantitative estimate of drug-likeness (QED) is 0.242. The van der Waals surface area contributed by atoms with Crippen molar-refractivity contribution in [2.75, 3.05) is 13.2 Å². The Bertz CT molecular complexity index is 1380. The van der Waals surface area contributed by atoms with Crippen molar-refractivity contribution in [2.45, 2.75) is 26.2 Å². The second-order valence-corrected chi connectivity index (χ2v) is 9.69. The lowest BCUT2D eigenvalue weighted by molar-refractivity contribution is 0.360. The van der Waals surface area contributed by atoms with Gasteiger partial charge in [0, 0.05) is 17.7 Å². The van der Waals surface area contributed by atoms with Crippen LogP contribution in [-0.4, -0.2) is 38.4 Å². The molecule has 0 radical (unpaired) electrons. The Morgan fingerprint density at radius 3 is 1.53 bits per heavy atom. The van der Waals surface area contributed by atoms with Crippen LogP contribution in [0.3, 0.4) is 0 Å². The first-order valence-electron chi connectivity index (χ1n) is 12.2. The molecule has 0 aliphatic rings. The van der Waals surface area contributed by atoms with Crippen LogP contribution in [-0.2, 0) is 5.41 Å². The van der Waals surface area contributed by atoms with Gasteiger partial charge in [-0.2, -0.15) is 0 Å². The second kappa shape index (κ2) is 11.2. The van der Waals surface area contributed by atoms with Crippen molar-refractivity contribution < 1.29 is 19.7 Å². The Morgan fingerprint density at radius 2 is 1.13 bits per heavy atom. The smallest absolute Gasteiger partial charge is 0.167 e. The van der Waals surface area contributed by atoms with Gasteiger partial charge in [-0.3, -0.25) is 0 Å². The maximum absolute atomic E-state index is 10.8. The maximum Gasteiger partial charge on any atom is 0.167 e. The Balaban J connectivity index is 1.83. The summed E-state index contributed by atoms with van der Waals surface area (Å²) in [6, 6.07) is 17.8. The summed E-state index contributed by atoms with van der Waals surface area (Å²) in [4.78, 5) is 14.0.